The van der Waals surface area contributed by atoms with Gasteiger partial charge in [-0.25, -0.2) is 5.48 Å². The zero-order valence-electron chi connectivity index (χ0n) is 9.65. The van der Waals surface area contributed by atoms with E-state index in [2.05, 4.69) is 10.8 Å². The maximum absolute atomic E-state index is 11.5. The molecule has 0 saturated heterocycles. The van der Waals surface area contributed by atoms with Crippen molar-refractivity contribution in [1.29, 1.82) is 0 Å². The van der Waals surface area contributed by atoms with E-state index in [-0.39, 0.29) is 12.5 Å². The van der Waals surface area contributed by atoms with Gasteiger partial charge in [-0.1, -0.05) is 0 Å². The fourth-order valence-corrected chi connectivity index (χ4v) is 1.04. The average Bonchev–Trinajstić information content (AvgIpc) is 2.38. The molecular weight excluding hydrogens is 224 g/mol. The quantitative estimate of drug-likeness (QED) is 0.713. The third kappa shape index (κ3) is 4.12. The van der Waals surface area contributed by atoms with Crippen LogP contribution in [0.3, 0.4) is 0 Å². The molecule has 0 bridgehead atoms. The lowest BCUT2D eigenvalue weighted by Gasteiger charge is -2.05. The van der Waals surface area contributed by atoms with Gasteiger partial charge in [0, 0.05) is 12.6 Å². The van der Waals surface area contributed by atoms with Crippen LogP contribution < -0.4 is 15.5 Å². The number of nitrogens with one attached hydrogen (secondary N) is 2. The van der Waals surface area contributed by atoms with Gasteiger partial charge in [0.05, 0.1) is 7.11 Å². The van der Waals surface area contributed by atoms with E-state index in [9.17, 15) is 9.59 Å². The van der Waals surface area contributed by atoms with Crippen LogP contribution in [-0.2, 0) is 9.63 Å². The average molecular weight is 238 g/mol. The maximum atomic E-state index is 11.5. The number of carbonyl (C=O) groups is 2. The number of benzene rings is 1. The summed E-state index contributed by atoms with van der Waals surface area (Å²) in [5.41, 5.74) is 2.58. The van der Waals surface area contributed by atoms with Gasteiger partial charge in [-0.3, -0.25) is 14.4 Å². The fourth-order valence-electron chi connectivity index (χ4n) is 1.04. The molecule has 0 spiro atoms. The van der Waals surface area contributed by atoms with E-state index in [1.165, 1.54) is 7.05 Å². The molecule has 0 radical (unpaired) electrons. The van der Waals surface area contributed by atoms with Gasteiger partial charge in [-0.15, -0.1) is 0 Å². The van der Waals surface area contributed by atoms with Crippen LogP contribution in [0.25, 0.3) is 0 Å². The van der Waals surface area contributed by atoms with Crippen molar-refractivity contribution in [3.05, 3.63) is 29.8 Å². The molecule has 0 aliphatic rings. The van der Waals surface area contributed by atoms with Crippen molar-refractivity contribution >= 4 is 11.8 Å². The second kappa shape index (κ2) is 6.49. The van der Waals surface area contributed by atoms with Crippen LogP contribution in [0.1, 0.15) is 10.4 Å². The first-order valence-electron chi connectivity index (χ1n) is 4.94. The molecule has 1 aromatic rings. The number of methoxy groups -OCH3 is 1. The molecule has 0 atom stereocenters. The van der Waals surface area contributed by atoms with Gasteiger partial charge in [-0.2, -0.15) is 0 Å². The summed E-state index contributed by atoms with van der Waals surface area (Å²) in [6.45, 7) is -0.224. The summed E-state index contributed by atoms with van der Waals surface area (Å²) < 4.78 is 4.96. The van der Waals surface area contributed by atoms with Crippen LogP contribution in [0.2, 0.25) is 0 Å². The predicted molar refractivity (Wildman–Crippen MR) is 60.5 cm³/mol. The summed E-state index contributed by atoms with van der Waals surface area (Å²) >= 11 is 0. The van der Waals surface area contributed by atoms with Crippen LogP contribution in [0, 0.1) is 0 Å². The molecule has 1 rings (SSSR count). The van der Waals surface area contributed by atoms with Crippen LogP contribution >= 0.6 is 0 Å². The third-order valence-electron chi connectivity index (χ3n) is 2.00. The monoisotopic (exact) mass is 238 g/mol. The van der Waals surface area contributed by atoms with Crippen LogP contribution in [-0.4, -0.2) is 32.6 Å². The summed E-state index contributed by atoms with van der Waals surface area (Å²) in [4.78, 5) is 27.0. The maximum Gasteiger partial charge on any atom is 0.274 e. The summed E-state index contributed by atoms with van der Waals surface area (Å²) in [6, 6.07) is 6.51. The van der Waals surface area contributed by atoms with Crippen LogP contribution in [0.15, 0.2) is 24.3 Å². The molecule has 0 aromatic heterocycles. The predicted octanol–water partition coefficient (Wildman–Crippen LogP) is 0.103. The van der Waals surface area contributed by atoms with Crippen molar-refractivity contribution in [3.8, 4) is 5.75 Å². The first-order chi connectivity index (χ1) is 8.17. The van der Waals surface area contributed by atoms with E-state index < -0.39 is 5.91 Å². The Morgan fingerprint density at radius 3 is 2.41 bits per heavy atom. The summed E-state index contributed by atoms with van der Waals surface area (Å²) in [5, 5.41) is 2.36. The van der Waals surface area contributed by atoms with Crippen molar-refractivity contribution in [2.75, 3.05) is 20.8 Å². The molecule has 6 heteroatoms. The molecule has 0 saturated carbocycles. The first kappa shape index (κ1) is 13.0. The number of hydrogen-bond donors (Lipinski definition) is 2. The fraction of sp³-hybridized carbons (Fsp3) is 0.273. The SMILES string of the molecule is CNC(=O)CONC(=O)c1ccc(OC)cc1. The number of hydroxylamine groups is 1. The van der Waals surface area contributed by atoms with Crippen molar-refractivity contribution in [2.24, 2.45) is 0 Å². The number of hydrogen-bond acceptors (Lipinski definition) is 4. The molecule has 0 fully saturated rings. The summed E-state index contributed by atoms with van der Waals surface area (Å²) in [6.07, 6.45) is 0. The number of rotatable bonds is 5. The van der Waals surface area contributed by atoms with Crippen molar-refractivity contribution in [2.45, 2.75) is 0 Å². The zero-order chi connectivity index (χ0) is 12.7. The minimum atomic E-state index is -0.420. The molecule has 0 aliphatic heterocycles. The minimum Gasteiger partial charge on any atom is -0.497 e. The Balaban J connectivity index is 2.44. The molecule has 2 N–H and O–H groups in total. The molecule has 2 amide bonds. The Kier molecular flexibility index (Phi) is 4.96. The van der Waals surface area contributed by atoms with Crippen molar-refractivity contribution in [1.82, 2.24) is 10.8 Å². The second-order valence-corrected chi connectivity index (χ2v) is 3.12. The van der Waals surface area contributed by atoms with E-state index in [0.29, 0.717) is 11.3 Å². The van der Waals surface area contributed by atoms with Gasteiger partial charge >= 0.3 is 0 Å². The summed E-state index contributed by atoms with van der Waals surface area (Å²) in [7, 11) is 3.03. The highest BCUT2D eigenvalue weighted by molar-refractivity contribution is 5.93. The van der Waals surface area contributed by atoms with E-state index in [0.717, 1.165) is 0 Å². The van der Waals surface area contributed by atoms with Crippen molar-refractivity contribution < 1.29 is 19.2 Å². The first-order valence-corrected chi connectivity index (χ1v) is 4.94. The lowest BCUT2D eigenvalue weighted by molar-refractivity contribution is -0.126. The highest BCUT2D eigenvalue weighted by Crippen LogP contribution is 2.10. The number of likely N-dealkylation sites (N-methyl/N-ethyl adjacent to an activating group) is 1. The Labute approximate surface area is 98.9 Å². The lowest BCUT2D eigenvalue weighted by Crippen LogP contribution is -2.31. The molecular formula is C11H14N2O4. The molecule has 0 aliphatic carbocycles. The molecule has 0 heterocycles. The van der Waals surface area contributed by atoms with E-state index in [4.69, 9.17) is 9.57 Å². The van der Waals surface area contributed by atoms with Crippen LogP contribution in [0.5, 0.6) is 5.75 Å². The van der Waals surface area contributed by atoms with Gasteiger partial charge < -0.3 is 10.1 Å². The van der Waals surface area contributed by atoms with Crippen LogP contribution in [0.4, 0.5) is 0 Å². The highest BCUT2D eigenvalue weighted by atomic mass is 16.7. The number of amides is 2. The molecule has 0 unspecified atom stereocenters. The molecule has 1 aromatic carbocycles. The number of carbonyl (C=O) groups excluding carboxylic acids is 2. The Morgan fingerprint density at radius 2 is 1.88 bits per heavy atom. The van der Waals surface area contributed by atoms with Gasteiger partial charge in [0.25, 0.3) is 5.91 Å². The Bertz CT molecular complexity index is 389. The smallest absolute Gasteiger partial charge is 0.274 e. The second-order valence-electron chi connectivity index (χ2n) is 3.12. The summed E-state index contributed by atoms with van der Waals surface area (Å²) in [5.74, 6) is -0.0792. The Hall–Kier alpha value is -2.08. The minimum absolute atomic E-state index is 0.224. The van der Waals surface area contributed by atoms with Gasteiger partial charge in [0.2, 0.25) is 5.91 Å². The van der Waals surface area contributed by atoms with Crippen molar-refractivity contribution in [3.63, 3.8) is 0 Å². The highest BCUT2D eigenvalue weighted by Gasteiger charge is 2.06. The van der Waals surface area contributed by atoms with E-state index >= 15 is 0 Å². The lowest BCUT2D eigenvalue weighted by atomic mass is 10.2. The molecule has 6 nitrogen and oxygen atoms in total. The van der Waals surface area contributed by atoms with Gasteiger partial charge in [-0.05, 0) is 24.3 Å². The largest absolute Gasteiger partial charge is 0.497 e. The number of ether oxygens (including phenoxy) is 1. The molecule has 92 valence electrons. The topological polar surface area (TPSA) is 76.7 Å². The Morgan fingerprint density at radius 1 is 1.24 bits per heavy atom. The third-order valence-corrected chi connectivity index (χ3v) is 2.00. The van der Waals surface area contributed by atoms with Gasteiger partial charge in [0.15, 0.2) is 6.61 Å². The van der Waals surface area contributed by atoms with E-state index in [1.54, 1.807) is 31.4 Å². The normalized spacial score (nSPS) is 9.53. The zero-order valence-corrected chi connectivity index (χ0v) is 9.65. The van der Waals surface area contributed by atoms with Gasteiger partial charge in [0.1, 0.15) is 5.75 Å². The molecule has 17 heavy (non-hydrogen) atoms. The standard InChI is InChI=1S/C11H14N2O4/c1-12-10(14)7-17-13-11(15)8-3-5-9(16-2)6-4-8/h3-6H,7H2,1-2H3,(H,12,14)(H,13,15). The van der Waals surface area contributed by atoms with E-state index in [1.807, 2.05) is 0 Å².